The fourth-order valence-electron chi connectivity index (χ4n) is 1.20. The van der Waals surface area contributed by atoms with Gasteiger partial charge in [0.1, 0.15) is 0 Å². The molecule has 15 heavy (non-hydrogen) atoms. The lowest BCUT2D eigenvalue weighted by Gasteiger charge is -2.21. The van der Waals surface area contributed by atoms with Gasteiger partial charge in [0.05, 0.1) is 0 Å². The first kappa shape index (κ1) is 11.6. The maximum absolute atomic E-state index is 12.6. The number of amides is 1. The molecular formula is C10H10F3NO. The van der Waals surface area contributed by atoms with Crippen molar-refractivity contribution in [3.05, 3.63) is 35.9 Å². The maximum atomic E-state index is 12.6. The van der Waals surface area contributed by atoms with Crippen LogP contribution in [0, 0.1) is 0 Å². The van der Waals surface area contributed by atoms with Crippen molar-refractivity contribution < 1.29 is 18.0 Å². The predicted molar refractivity (Wildman–Crippen MR) is 49.1 cm³/mol. The van der Waals surface area contributed by atoms with Gasteiger partial charge in [0.25, 0.3) is 0 Å². The summed E-state index contributed by atoms with van der Waals surface area (Å²) < 4.78 is 37.7. The van der Waals surface area contributed by atoms with Crippen LogP contribution < -0.4 is 5.32 Å². The van der Waals surface area contributed by atoms with Crippen LogP contribution >= 0.6 is 0 Å². The fourth-order valence-corrected chi connectivity index (χ4v) is 1.20. The van der Waals surface area contributed by atoms with Crippen LogP contribution in [0.4, 0.5) is 13.2 Å². The molecular weight excluding hydrogens is 207 g/mol. The fraction of sp³-hybridized carbons (Fsp3) is 0.300. The van der Waals surface area contributed by atoms with Crippen molar-refractivity contribution in [2.75, 3.05) is 0 Å². The van der Waals surface area contributed by atoms with Crippen molar-refractivity contribution in [3.8, 4) is 0 Å². The van der Waals surface area contributed by atoms with E-state index in [1.807, 2.05) is 5.32 Å². The normalized spacial score (nSPS) is 13.3. The Balaban J connectivity index is 2.97. The lowest BCUT2D eigenvalue weighted by atomic mass is 10.1. The molecule has 1 aromatic rings. The zero-order chi connectivity index (χ0) is 11.5. The highest BCUT2D eigenvalue weighted by Gasteiger charge is 2.41. The average Bonchev–Trinajstić information content (AvgIpc) is 2.14. The molecule has 1 N–H and O–H groups in total. The van der Waals surface area contributed by atoms with Gasteiger partial charge in [-0.2, -0.15) is 13.2 Å². The molecule has 82 valence electrons. The molecule has 1 amide bonds. The minimum absolute atomic E-state index is 0.0280. The summed E-state index contributed by atoms with van der Waals surface area (Å²) in [6.45, 7) is 1.06. The van der Waals surface area contributed by atoms with Crippen LogP contribution in [0.15, 0.2) is 30.3 Å². The van der Waals surface area contributed by atoms with Gasteiger partial charge in [-0.1, -0.05) is 30.3 Å². The Kier molecular flexibility index (Phi) is 3.34. The molecule has 0 radical (unpaired) electrons. The van der Waals surface area contributed by atoms with E-state index in [1.54, 1.807) is 6.07 Å². The summed E-state index contributed by atoms with van der Waals surface area (Å²) in [7, 11) is 0. The van der Waals surface area contributed by atoms with Gasteiger partial charge in [0, 0.05) is 6.92 Å². The summed E-state index contributed by atoms with van der Waals surface area (Å²) in [6.07, 6.45) is -4.48. The van der Waals surface area contributed by atoms with Crippen molar-refractivity contribution in [3.63, 3.8) is 0 Å². The second kappa shape index (κ2) is 4.33. The van der Waals surface area contributed by atoms with E-state index < -0.39 is 18.1 Å². The Morgan fingerprint density at radius 2 is 1.80 bits per heavy atom. The van der Waals surface area contributed by atoms with Gasteiger partial charge in [0.2, 0.25) is 5.91 Å². The molecule has 1 unspecified atom stereocenters. The second-order valence-electron chi connectivity index (χ2n) is 3.09. The van der Waals surface area contributed by atoms with Gasteiger partial charge in [-0.25, -0.2) is 0 Å². The molecule has 0 aliphatic rings. The SMILES string of the molecule is CC(=O)NC(c1ccccc1)C(F)(F)F. The van der Waals surface area contributed by atoms with E-state index in [2.05, 4.69) is 0 Å². The van der Waals surface area contributed by atoms with Crippen LogP contribution in [-0.2, 0) is 4.79 Å². The van der Waals surface area contributed by atoms with Gasteiger partial charge < -0.3 is 5.32 Å². The molecule has 0 spiro atoms. The summed E-state index contributed by atoms with van der Waals surface area (Å²) in [5.41, 5.74) is 0.0280. The average molecular weight is 217 g/mol. The van der Waals surface area contributed by atoms with E-state index >= 15 is 0 Å². The molecule has 2 nitrogen and oxygen atoms in total. The molecule has 0 aliphatic heterocycles. The zero-order valence-corrected chi connectivity index (χ0v) is 8.01. The number of nitrogens with one attached hydrogen (secondary N) is 1. The van der Waals surface area contributed by atoms with E-state index in [4.69, 9.17) is 0 Å². The Morgan fingerprint density at radius 3 is 2.20 bits per heavy atom. The van der Waals surface area contributed by atoms with Crippen LogP contribution in [0.25, 0.3) is 0 Å². The number of carbonyl (C=O) groups is 1. The van der Waals surface area contributed by atoms with Crippen molar-refractivity contribution in [2.45, 2.75) is 19.1 Å². The maximum Gasteiger partial charge on any atom is 0.412 e. The van der Waals surface area contributed by atoms with Crippen LogP contribution in [0.5, 0.6) is 0 Å². The first-order valence-corrected chi connectivity index (χ1v) is 4.30. The number of alkyl halides is 3. The molecule has 0 saturated heterocycles. The first-order chi connectivity index (χ1) is 6.91. The Bertz CT molecular complexity index is 334. The van der Waals surface area contributed by atoms with E-state index in [9.17, 15) is 18.0 Å². The molecule has 5 heteroatoms. The van der Waals surface area contributed by atoms with Crippen LogP contribution in [0.2, 0.25) is 0 Å². The molecule has 1 aromatic carbocycles. The minimum Gasteiger partial charge on any atom is -0.341 e. The highest BCUT2D eigenvalue weighted by Crippen LogP contribution is 2.32. The van der Waals surface area contributed by atoms with Gasteiger partial charge in [0.15, 0.2) is 6.04 Å². The smallest absolute Gasteiger partial charge is 0.341 e. The predicted octanol–water partition coefficient (Wildman–Crippen LogP) is 2.43. The molecule has 1 atom stereocenters. The van der Waals surface area contributed by atoms with Crippen molar-refractivity contribution in [1.82, 2.24) is 5.32 Å². The van der Waals surface area contributed by atoms with E-state index in [-0.39, 0.29) is 5.56 Å². The van der Waals surface area contributed by atoms with E-state index in [0.717, 1.165) is 6.92 Å². The number of rotatable bonds is 2. The van der Waals surface area contributed by atoms with Crippen molar-refractivity contribution in [2.24, 2.45) is 0 Å². The summed E-state index contributed by atoms with van der Waals surface area (Å²) in [5.74, 6) is -0.707. The monoisotopic (exact) mass is 217 g/mol. The molecule has 0 fully saturated rings. The molecule has 0 saturated carbocycles. The topological polar surface area (TPSA) is 29.1 Å². The van der Waals surface area contributed by atoms with Gasteiger partial charge >= 0.3 is 6.18 Å². The zero-order valence-electron chi connectivity index (χ0n) is 8.01. The van der Waals surface area contributed by atoms with E-state index in [1.165, 1.54) is 24.3 Å². The second-order valence-corrected chi connectivity index (χ2v) is 3.09. The molecule has 0 bridgehead atoms. The molecule has 1 rings (SSSR count). The summed E-state index contributed by atoms with van der Waals surface area (Å²) >= 11 is 0. The number of hydrogen-bond donors (Lipinski definition) is 1. The molecule has 0 heterocycles. The number of hydrogen-bond acceptors (Lipinski definition) is 1. The minimum atomic E-state index is -4.48. The van der Waals surface area contributed by atoms with E-state index in [0.29, 0.717) is 0 Å². The number of halogens is 3. The summed E-state index contributed by atoms with van der Waals surface area (Å²) in [5, 5.41) is 1.87. The Hall–Kier alpha value is -1.52. The lowest BCUT2D eigenvalue weighted by molar-refractivity contribution is -0.162. The van der Waals surface area contributed by atoms with Crippen molar-refractivity contribution in [1.29, 1.82) is 0 Å². The van der Waals surface area contributed by atoms with Crippen LogP contribution in [-0.4, -0.2) is 12.1 Å². The Labute approximate surface area is 85.1 Å². The van der Waals surface area contributed by atoms with Gasteiger partial charge in [-0.3, -0.25) is 4.79 Å². The first-order valence-electron chi connectivity index (χ1n) is 4.30. The van der Waals surface area contributed by atoms with Crippen LogP contribution in [0.3, 0.4) is 0 Å². The largest absolute Gasteiger partial charge is 0.412 e. The third-order valence-corrected chi connectivity index (χ3v) is 1.81. The highest BCUT2D eigenvalue weighted by atomic mass is 19.4. The lowest BCUT2D eigenvalue weighted by Crippen LogP contribution is -2.36. The van der Waals surface area contributed by atoms with Gasteiger partial charge in [-0.05, 0) is 5.56 Å². The number of carbonyl (C=O) groups excluding carboxylic acids is 1. The summed E-state index contributed by atoms with van der Waals surface area (Å²) in [6, 6.07) is 5.33. The Morgan fingerprint density at radius 1 is 1.27 bits per heavy atom. The molecule has 0 aliphatic carbocycles. The molecule has 0 aromatic heterocycles. The standard InChI is InChI=1S/C10H10F3NO/c1-7(15)14-9(10(11,12)13)8-5-3-2-4-6-8/h2-6,9H,1H3,(H,14,15). The quantitative estimate of drug-likeness (QED) is 0.809. The third-order valence-electron chi connectivity index (χ3n) is 1.81. The summed E-state index contributed by atoms with van der Waals surface area (Å²) in [4.78, 5) is 10.7. The van der Waals surface area contributed by atoms with Gasteiger partial charge in [-0.15, -0.1) is 0 Å². The number of benzene rings is 1. The van der Waals surface area contributed by atoms with Crippen LogP contribution in [0.1, 0.15) is 18.5 Å². The third kappa shape index (κ3) is 3.27. The highest BCUT2D eigenvalue weighted by molar-refractivity contribution is 5.73. The van der Waals surface area contributed by atoms with Crippen molar-refractivity contribution >= 4 is 5.91 Å².